The van der Waals surface area contributed by atoms with Crippen LogP contribution < -0.4 is 0 Å². The van der Waals surface area contributed by atoms with E-state index < -0.39 is 5.60 Å². The van der Waals surface area contributed by atoms with Crippen molar-refractivity contribution >= 4 is 0 Å². The van der Waals surface area contributed by atoms with Gasteiger partial charge in [-0.25, -0.2) is 0 Å². The van der Waals surface area contributed by atoms with Crippen LogP contribution in [0.2, 0.25) is 0 Å². The van der Waals surface area contributed by atoms with Crippen molar-refractivity contribution < 1.29 is 14.6 Å². The van der Waals surface area contributed by atoms with Crippen molar-refractivity contribution in [3.8, 4) is 0 Å². The zero-order valence-corrected chi connectivity index (χ0v) is 10.6. The van der Waals surface area contributed by atoms with Gasteiger partial charge in [0.1, 0.15) is 0 Å². The van der Waals surface area contributed by atoms with Crippen LogP contribution in [0.4, 0.5) is 0 Å². The van der Waals surface area contributed by atoms with Crippen LogP contribution in [0.15, 0.2) is 12.7 Å². The third kappa shape index (κ3) is 3.04. The molecule has 0 spiro atoms. The van der Waals surface area contributed by atoms with Gasteiger partial charge < -0.3 is 19.5 Å². The molecule has 0 aromatic heterocycles. The topological polar surface area (TPSA) is 41.9 Å². The van der Waals surface area contributed by atoms with E-state index in [4.69, 9.17) is 9.47 Å². The van der Waals surface area contributed by atoms with Crippen molar-refractivity contribution in [2.45, 2.75) is 44.3 Å². The molecule has 0 saturated carbocycles. The Hall–Kier alpha value is -0.420. The number of likely N-dealkylation sites (N-methyl/N-ethyl adjacent to an activating group) is 1. The largest absolute Gasteiger partial charge is 0.388 e. The second-order valence-electron chi connectivity index (χ2n) is 4.86. The Morgan fingerprint density at radius 3 is 2.69 bits per heavy atom. The van der Waals surface area contributed by atoms with E-state index in [9.17, 15) is 5.11 Å². The number of rotatable bonds is 4. The van der Waals surface area contributed by atoms with Gasteiger partial charge in [0, 0.05) is 6.42 Å². The lowest BCUT2D eigenvalue weighted by Crippen LogP contribution is -2.60. The van der Waals surface area contributed by atoms with Crippen LogP contribution in [0.3, 0.4) is 0 Å². The highest BCUT2D eigenvalue weighted by Gasteiger charge is 2.45. The van der Waals surface area contributed by atoms with Crippen molar-refractivity contribution in [2.75, 3.05) is 20.7 Å². The van der Waals surface area contributed by atoms with E-state index in [1.165, 1.54) is 0 Å². The Balaban J connectivity index is 2.67. The fourth-order valence-corrected chi connectivity index (χ4v) is 2.58. The molecule has 94 valence electrons. The van der Waals surface area contributed by atoms with Gasteiger partial charge in [0.25, 0.3) is 0 Å². The zero-order chi connectivity index (χ0) is 12.3. The maximum absolute atomic E-state index is 10.4. The molecule has 4 heteroatoms. The van der Waals surface area contributed by atoms with Crippen LogP contribution in [-0.2, 0) is 9.47 Å². The summed E-state index contributed by atoms with van der Waals surface area (Å²) in [6, 6.07) is -0.0175. The average Bonchev–Trinajstić information content (AvgIpc) is 2.11. The third-order valence-corrected chi connectivity index (χ3v) is 2.98. The Bertz CT molecular complexity index is 240. The van der Waals surface area contributed by atoms with Gasteiger partial charge in [-0.05, 0) is 27.9 Å². The Morgan fingerprint density at radius 2 is 2.25 bits per heavy atom. The number of hydrogen-bond acceptors (Lipinski definition) is 4. The molecular weight excluding hydrogens is 206 g/mol. The summed E-state index contributed by atoms with van der Waals surface area (Å²) in [6.07, 6.45) is 1.75. The fraction of sp³-hybridized carbons (Fsp3) is 0.833. The van der Waals surface area contributed by atoms with Crippen molar-refractivity contribution in [1.82, 2.24) is 4.90 Å². The summed E-state index contributed by atoms with van der Waals surface area (Å²) in [5.74, 6) is 0. The van der Waals surface area contributed by atoms with E-state index in [0.29, 0.717) is 13.0 Å². The lowest BCUT2D eigenvalue weighted by molar-refractivity contribution is -0.252. The molecule has 0 bridgehead atoms. The summed E-state index contributed by atoms with van der Waals surface area (Å²) in [5.41, 5.74) is -0.799. The maximum atomic E-state index is 10.4. The predicted molar refractivity (Wildman–Crippen MR) is 63.2 cm³/mol. The van der Waals surface area contributed by atoms with Gasteiger partial charge in [-0.1, -0.05) is 6.08 Å². The maximum Gasteiger partial charge on any atom is 0.161 e. The molecule has 0 unspecified atom stereocenters. The molecule has 0 amide bonds. The van der Waals surface area contributed by atoms with E-state index >= 15 is 0 Å². The molecule has 1 fully saturated rings. The molecule has 4 atom stereocenters. The zero-order valence-electron chi connectivity index (χ0n) is 10.6. The van der Waals surface area contributed by atoms with Crippen molar-refractivity contribution in [1.29, 1.82) is 0 Å². The summed E-state index contributed by atoms with van der Waals surface area (Å²) in [4.78, 5) is 1.99. The van der Waals surface area contributed by atoms with Crippen LogP contribution in [0.1, 0.15) is 20.3 Å². The third-order valence-electron chi connectivity index (χ3n) is 2.98. The SMILES string of the molecule is C=CCO[C@H]1C[C@](C)(O)[C@H](N(C)C)[C@H](C)O1. The number of aliphatic hydroxyl groups is 1. The van der Waals surface area contributed by atoms with Crippen molar-refractivity contribution in [3.63, 3.8) is 0 Å². The summed E-state index contributed by atoms with van der Waals surface area (Å²) < 4.78 is 11.2. The minimum atomic E-state index is -0.799. The molecule has 0 aromatic carbocycles. The van der Waals surface area contributed by atoms with Gasteiger partial charge in [0.2, 0.25) is 0 Å². The van der Waals surface area contributed by atoms with Gasteiger partial charge in [-0.2, -0.15) is 0 Å². The molecule has 16 heavy (non-hydrogen) atoms. The molecule has 1 heterocycles. The smallest absolute Gasteiger partial charge is 0.161 e. The van der Waals surface area contributed by atoms with E-state index in [-0.39, 0.29) is 18.4 Å². The summed E-state index contributed by atoms with van der Waals surface area (Å²) in [7, 11) is 3.90. The lowest BCUT2D eigenvalue weighted by Gasteiger charge is -2.47. The molecule has 0 radical (unpaired) electrons. The Kier molecular flexibility index (Phi) is 4.50. The minimum Gasteiger partial charge on any atom is -0.388 e. The van der Waals surface area contributed by atoms with Crippen LogP contribution in [0.5, 0.6) is 0 Å². The lowest BCUT2D eigenvalue weighted by atomic mass is 9.85. The van der Waals surface area contributed by atoms with Crippen LogP contribution in [0.25, 0.3) is 0 Å². The van der Waals surface area contributed by atoms with Crippen LogP contribution in [-0.4, -0.2) is 54.7 Å². The molecule has 0 aliphatic carbocycles. The Morgan fingerprint density at radius 1 is 1.62 bits per heavy atom. The number of ether oxygens (including phenoxy) is 2. The normalized spacial score (nSPS) is 40.0. The first kappa shape index (κ1) is 13.6. The van der Waals surface area contributed by atoms with E-state index in [1.54, 1.807) is 6.08 Å². The van der Waals surface area contributed by atoms with E-state index in [1.807, 2.05) is 32.8 Å². The first-order valence-electron chi connectivity index (χ1n) is 5.65. The highest BCUT2D eigenvalue weighted by molar-refractivity contribution is 4.96. The first-order valence-corrected chi connectivity index (χ1v) is 5.65. The summed E-state index contributed by atoms with van der Waals surface area (Å²) >= 11 is 0. The number of hydrogen-bond donors (Lipinski definition) is 1. The molecule has 4 nitrogen and oxygen atoms in total. The minimum absolute atomic E-state index is 0.0175. The van der Waals surface area contributed by atoms with Gasteiger partial charge in [-0.3, -0.25) is 0 Å². The molecule has 1 saturated heterocycles. The monoisotopic (exact) mass is 229 g/mol. The highest BCUT2D eigenvalue weighted by atomic mass is 16.7. The van der Waals surface area contributed by atoms with Crippen molar-refractivity contribution in [3.05, 3.63) is 12.7 Å². The second-order valence-corrected chi connectivity index (χ2v) is 4.86. The quantitative estimate of drug-likeness (QED) is 0.730. The molecule has 0 aromatic rings. The molecular formula is C12H23NO3. The highest BCUT2D eigenvalue weighted by Crippen LogP contribution is 2.31. The predicted octanol–water partition coefficient (Wildman–Crippen LogP) is 1.01. The first-order chi connectivity index (χ1) is 7.38. The van der Waals surface area contributed by atoms with Gasteiger partial charge >= 0.3 is 0 Å². The summed E-state index contributed by atoms with van der Waals surface area (Å²) in [5, 5.41) is 10.4. The van der Waals surface area contributed by atoms with E-state index in [2.05, 4.69) is 6.58 Å². The van der Waals surface area contributed by atoms with Crippen LogP contribution in [0, 0.1) is 0 Å². The second kappa shape index (κ2) is 5.27. The average molecular weight is 229 g/mol. The standard InChI is InChI=1S/C12H23NO3/c1-6-7-15-10-8-12(3,14)11(13(4)5)9(2)16-10/h6,9-11,14H,1,7-8H2,2-5H3/t9-,10+,11+,12-/m0/s1. The van der Waals surface area contributed by atoms with Crippen molar-refractivity contribution in [2.24, 2.45) is 0 Å². The summed E-state index contributed by atoms with van der Waals surface area (Å²) in [6.45, 7) is 7.83. The molecule has 1 aliphatic rings. The molecule has 1 N–H and O–H groups in total. The molecule has 1 aliphatic heterocycles. The van der Waals surface area contributed by atoms with Gasteiger partial charge in [-0.15, -0.1) is 6.58 Å². The van der Waals surface area contributed by atoms with E-state index in [0.717, 1.165) is 0 Å². The fourth-order valence-electron chi connectivity index (χ4n) is 2.58. The Labute approximate surface area is 97.8 Å². The molecule has 1 rings (SSSR count). The number of nitrogens with zero attached hydrogens (tertiary/aromatic N) is 1. The van der Waals surface area contributed by atoms with Crippen LogP contribution >= 0.6 is 0 Å². The van der Waals surface area contributed by atoms with Gasteiger partial charge in [0.05, 0.1) is 24.4 Å². The van der Waals surface area contributed by atoms with Gasteiger partial charge in [0.15, 0.2) is 6.29 Å².